The van der Waals surface area contributed by atoms with Crippen LogP contribution in [-0.2, 0) is 0 Å². The summed E-state index contributed by atoms with van der Waals surface area (Å²) >= 11 is 0. The number of benzene rings is 1. The van der Waals surface area contributed by atoms with Crippen LogP contribution in [0, 0.1) is 6.92 Å². The fourth-order valence-corrected chi connectivity index (χ4v) is 3.29. The molecular weight excluding hydrogens is 414 g/mol. The first-order chi connectivity index (χ1) is 16.0. The highest BCUT2D eigenvalue weighted by Gasteiger charge is 2.18. The molecular formula is C25H27N7O. The Morgan fingerprint density at radius 2 is 2.06 bits per heavy atom. The van der Waals surface area contributed by atoms with Gasteiger partial charge in [-0.15, -0.1) is 0 Å². The van der Waals surface area contributed by atoms with Crippen molar-refractivity contribution in [2.45, 2.75) is 41.0 Å². The zero-order chi connectivity index (χ0) is 23.4. The Labute approximate surface area is 193 Å². The summed E-state index contributed by atoms with van der Waals surface area (Å²) in [5.74, 6) is 2.12. The third-order valence-corrected chi connectivity index (χ3v) is 5.47. The molecule has 2 aromatic heterocycles. The number of rotatable bonds is 5. The lowest BCUT2D eigenvalue weighted by Gasteiger charge is -2.17. The quantitative estimate of drug-likeness (QED) is 0.547. The predicted octanol–water partition coefficient (Wildman–Crippen LogP) is 5.73. The van der Waals surface area contributed by atoms with Gasteiger partial charge >= 0.3 is 0 Å². The standard InChI is InChI=1S/C25H27N7O/c1-6-16(3)18(5)30-24-21(7-2)26-14-28-25(24)31-19-8-9-22(17(4)12-19)33-20-10-11-32-23(13-20)27-15-29-32/h7-15H,6H2,1-5H3,(H,26,28,31)/b18-16+,21-7+,30-24-. The van der Waals surface area contributed by atoms with Gasteiger partial charge in [0.1, 0.15) is 29.9 Å². The molecule has 0 bridgehead atoms. The molecule has 1 aliphatic heterocycles. The topological polar surface area (TPSA) is 88.5 Å². The number of nitrogens with one attached hydrogen (secondary N) is 1. The van der Waals surface area contributed by atoms with Crippen molar-refractivity contribution >= 4 is 29.2 Å². The van der Waals surface area contributed by atoms with Gasteiger partial charge in [0.05, 0.1) is 5.70 Å². The molecule has 1 N–H and O–H groups in total. The normalized spacial score (nSPS) is 16.8. The molecule has 33 heavy (non-hydrogen) atoms. The highest BCUT2D eigenvalue weighted by molar-refractivity contribution is 6.52. The smallest absolute Gasteiger partial charge is 0.160 e. The number of aromatic nitrogens is 3. The Balaban J connectivity index is 1.57. The minimum absolute atomic E-state index is 0.659. The molecule has 0 unspecified atom stereocenters. The number of aliphatic imine (C=N–C) groups is 3. The number of pyridine rings is 1. The zero-order valence-electron chi connectivity index (χ0n) is 19.5. The molecule has 1 aromatic carbocycles. The summed E-state index contributed by atoms with van der Waals surface area (Å²) in [5, 5.41) is 7.50. The predicted molar refractivity (Wildman–Crippen MR) is 134 cm³/mol. The number of ether oxygens (including phenoxy) is 1. The van der Waals surface area contributed by atoms with E-state index in [1.165, 1.54) is 11.9 Å². The average molecular weight is 442 g/mol. The molecule has 0 saturated carbocycles. The van der Waals surface area contributed by atoms with E-state index in [2.05, 4.69) is 39.2 Å². The second-order valence-electron chi connectivity index (χ2n) is 7.71. The van der Waals surface area contributed by atoms with Crippen molar-refractivity contribution in [1.82, 2.24) is 14.6 Å². The molecule has 0 atom stereocenters. The lowest BCUT2D eigenvalue weighted by atomic mass is 10.1. The largest absolute Gasteiger partial charge is 0.457 e. The summed E-state index contributed by atoms with van der Waals surface area (Å²) in [6.07, 6.45) is 7.77. The second-order valence-corrected chi connectivity index (χ2v) is 7.71. The molecule has 0 spiro atoms. The molecule has 3 aromatic rings. The summed E-state index contributed by atoms with van der Waals surface area (Å²) in [4.78, 5) is 17.9. The van der Waals surface area contributed by atoms with Gasteiger partial charge in [-0.05, 0) is 63.9 Å². The monoisotopic (exact) mass is 441 g/mol. The van der Waals surface area contributed by atoms with E-state index in [-0.39, 0.29) is 0 Å². The Kier molecular flexibility index (Phi) is 6.44. The Morgan fingerprint density at radius 3 is 2.82 bits per heavy atom. The number of hydrogen-bond donors (Lipinski definition) is 1. The third kappa shape index (κ3) is 4.90. The highest BCUT2D eigenvalue weighted by Crippen LogP contribution is 2.28. The lowest BCUT2D eigenvalue weighted by molar-refractivity contribution is 0.478. The van der Waals surface area contributed by atoms with Crippen LogP contribution in [0.4, 0.5) is 5.69 Å². The molecule has 0 amide bonds. The van der Waals surface area contributed by atoms with Crippen molar-refractivity contribution < 1.29 is 4.74 Å². The van der Waals surface area contributed by atoms with Crippen LogP contribution in [0.25, 0.3) is 5.65 Å². The molecule has 8 nitrogen and oxygen atoms in total. The molecule has 0 fully saturated rings. The van der Waals surface area contributed by atoms with E-state index < -0.39 is 0 Å². The molecule has 168 valence electrons. The van der Waals surface area contributed by atoms with Crippen LogP contribution in [0.15, 0.2) is 80.9 Å². The summed E-state index contributed by atoms with van der Waals surface area (Å²) in [5.41, 5.74) is 6.32. The fraction of sp³-hybridized carbons (Fsp3) is 0.240. The van der Waals surface area contributed by atoms with Crippen molar-refractivity contribution in [3.63, 3.8) is 0 Å². The number of anilines is 1. The molecule has 8 heteroatoms. The zero-order valence-corrected chi connectivity index (χ0v) is 19.5. The second kappa shape index (κ2) is 9.60. The van der Waals surface area contributed by atoms with Crippen molar-refractivity contribution in [1.29, 1.82) is 0 Å². The van der Waals surface area contributed by atoms with Crippen LogP contribution >= 0.6 is 0 Å². The number of fused-ring (bicyclic) bond motifs is 1. The molecule has 0 radical (unpaired) electrons. The number of hydrogen-bond acceptors (Lipinski definition) is 7. The number of allylic oxidation sites excluding steroid dienone is 3. The van der Waals surface area contributed by atoms with Gasteiger partial charge in [0.15, 0.2) is 11.5 Å². The van der Waals surface area contributed by atoms with Crippen LogP contribution in [0.2, 0.25) is 0 Å². The van der Waals surface area contributed by atoms with Crippen LogP contribution in [0.3, 0.4) is 0 Å². The first kappa shape index (κ1) is 22.1. The van der Waals surface area contributed by atoms with Crippen LogP contribution < -0.4 is 10.1 Å². The van der Waals surface area contributed by atoms with E-state index in [1.807, 2.05) is 63.4 Å². The molecule has 0 saturated heterocycles. The van der Waals surface area contributed by atoms with Gasteiger partial charge in [-0.1, -0.05) is 18.6 Å². The van der Waals surface area contributed by atoms with E-state index in [0.29, 0.717) is 11.6 Å². The third-order valence-electron chi connectivity index (χ3n) is 5.47. The van der Waals surface area contributed by atoms with Gasteiger partial charge in [-0.3, -0.25) is 0 Å². The summed E-state index contributed by atoms with van der Waals surface area (Å²) in [6.45, 7) is 10.2. The maximum Gasteiger partial charge on any atom is 0.160 e. The first-order valence-corrected chi connectivity index (χ1v) is 10.9. The average Bonchev–Trinajstić information content (AvgIpc) is 3.29. The van der Waals surface area contributed by atoms with Gasteiger partial charge in [0.25, 0.3) is 0 Å². The molecule has 0 aliphatic carbocycles. The molecule has 1 aliphatic rings. The van der Waals surface area contributed by atoms with Gasteiger partial charge in [0.2, 0.25) is 0 Å². The van der Waals surface area contributed by atoms with E-state index in [0.717, 1.165) is 46.2 Å². The van der Waals surface area contributed by atoms with E-state index >= 15 is 0 Å². The van der Waals surface area contributed by atoms with Crippen LogP contribution in [0.1, 0.15) is 39.7 Å². The Bertz CT molecular complexity index is 1340. The molecule has 4 rings (SSSR count). The van der Waals surface area contributed by atoms with Crippen molar-refractivity contribution in [3.05, 3.63) is 71.5 Å². The maximum atomic E-state index is 6.08. The summed E-state index contributed by atoms with van der Waals surface area (Å²) < 4.78 is 7.77. The first-order valence-electron chi connectivity index (χ1n) is 10.9. The Hall–Kier alpha value is -4.07. The summed E-state index contributed by atoms with van der Waals surface area (Å²) in [6, 6.07) is 9.62. The molecule has 3 heterocycles. The summed E-state index contributed by atoms with van der Waals surface area (Å²) in [7, 11) is 0. The number of amidine groups is 1. The van der Waals surface area contributed by atoms with Crippen molar-refractivity contribution in [3.8, 4) is 11.5 Å². The van der Waals surface area contributed by atoms with E-state index in [1.54, 1.807) is 10.9 Å². The van der Waals surface area contributed by atoms with Gasteiger partial charge in [-0.25, -0.2) is 24.5 Å². The van der Waals surface area contributed by atoms with Crippen molar-refractivity contribution in [2.75, 3.05) is 5.32 Å². The van der Waals surface area contributed by atoms with Crippen LogP contribution in [0.5, 0.6) is 11.5 Å². The minimum Gasteiger partial charge on any atom is -0.457 e. The lowest BCUT2D eigenvalue weighted by Crippen LogP contribution is -2.27. The Morgan fingerprint density at radius 1 is 1.21 bits per heavy atom. The minimum atomic E-state index is 0.659. The maximum absolute atomic E-state index is 6.08. The van der Waals surface area contributed by atoms with Gasteiger partial charge in [0, 0.05) is 23.6 Å². The van der Waals surface area contributed by atoms with Crippen molar-refractivity contribution in [2.24, 2.45) is 15.0 Å². The van der Waals surface area contributed by atoms with Crippen LogP contribution in [-0.4, -0.2) is 32.5 Å². The number of aryl methyl sites for hydroxylation is 1. The van der Waals surface area contributed by atoms with E-state index in [9.17, 15) is 0 Å². The highest BCUT2D eigenvalue weighted by atomic mass is 16.5. The van der Waals surface area contributed by atoms with Gasteiger partial charge < -0.3 is 10.1 Å². The van der Waals surface area contributed by atoms with E-state index in [4.69, 9.17) is 9.73 Å². The SMILES string of the molecule is C/C=C1/N=CN=C(Nc2ccc(Oc3ccn4ncnc4c3)c(C)c2)/C1=N\C(C)=C(/C)CC. The van der Waals surface area contributed by atoms with Gasteiger partial charge in [-0.2, -0.15) is 5.10 Å². The number of nitrogens with zero attached hydrogens (tertiary/aromatic N) is 6. The fourth-order valence-electron chi connectivity index (χ4n) is 3.29.